The van der Waals surface area contributed by atoms with Gasteiger partial charge in [-0.1, -0.05) is 40.2 Å². The lowest BCUT2D eigenvalue weighted by atomic mass is 9.92. The number of rotatable bonds is 5. The number of ether oxygens (including phenoxy) is 1. The van der Waals surface area contributed by atoms with E-state index in [-0.39, 0.29) is 18.3 Å². The van der Waals surface area contributed by atoms with E-state index in [9.17, 15) is 19.1 Å². The number of amides is 1. The van der Waals surface area contributed by atoms with Crippen LogP contribution in [0.1, 0.15) is 33.1 Å². The Morgan fingerprint density at radius 1 is 1.10 bits per heavy atom. The third kappa shape index (κ3) is 4.61. The molecule has 0 aliphatic carbocycles. The smallest absolute Gasteiger partial charge is 0.331 e. The third-order valence-corrected chi connectivity index (χ3v) is 5.72. The summed E-state index contributed by atoms with van der Waals surface area (Å²) in [5.41, 5.74) is 2.69. The Morgan fingerprint density at radius 3 is 2.61 bits per heavy atom. The molecule has 0 radical (unpaired) electrons. The molecule has 0 spiro atoms. The summed E-state index contributed by atoms with van der Waals surface area (Å²) >= 11 is 3.39. The molecule has 5 nitrogen and oxygen atoms in total. The van der Waals surface area contributed by atoms with Gasteiger partial charge in [-0.05, 0) is 65.6 Å². The molecule has 1 aliphatic rings. The molecule has 1 atom stereocenters. The van der Waals surface area contributed by atoms with Crippen molar-refractivity contribution in [1.29, 1.82) is 0 Å². The van der Waals surface area contributed by atoms with Gasteiger partial charge < -0.3 is 14.7 Å². The van der Waals surface area contributed by atoms with Gasteiger partial charge in [-0.25, -0.2) is 9.18 Å². The standard InChI is InChI=1S/C24H19BrFNO4/c25-18-7-6-16-10-11-27(22(24(29)30)21(16)13-18)23(28)17-2-1-3-20(12-17)31-14-15-4-8-19(26)9-5-15/h1-9,12-13,22H,10-11,14H2,(H,29,30). The molecule has 1 aliphatic heterocycles. The minimum absolute atomic E-state index is 0.223. The highest BCUT2D eigenvalue weighted by Gasteiger charge is 2.36. The quantitative estimate of drug-likeness (QED) is 0.554. The topological polar surface area (TPSA) is 66.8 Å². The van der Waals surface area contributed by atoms with Gasteiger partial charge in [-0.3, -0.25) is 4.79 Å². The molecule has 0 saturated carbocycles. The number of carboxylic acid groups (broad SMARTS) is 1. The molecule has 3 aromatic carbocycles. The van der Waals surface area contributed by atoms with Gasteiger partial charge in [-0.15, -0.1) is 0 Å². The lowest BCUT2D eigenvalue weighted by Crippen LogP contribution is -2.43. The second kappa shape index (κ2) is 8.89. The molecular weight excluding hydrogens is 465 g/mol. The fourth-order valence-corrected chi connectivity index (χ4v) is 4.08. The summed E-state index contributed by atoms with van der Waals surface area (Å²) < 4.78 is 19.6. The average Bonchev–Trinajstić information content (AvgIpc) is 2.77. The van der Waals surface area contributed by atoms with Crippen LogP contribution in [0.5, 0.6) is 5.75 Å². The largest absolute Gasteiger partial charge is 0.489 e. The Hall–Kier alpha value is -3.19. The lowest BCUT2D eigenvalue weighted by molar-refractivity contribution is -0.143. The van der Waals surface area contributed by atoms with Crippen molar-refractivity contribution < 1.29 is 23.8 Å². The Labute approximate surface area is 187 Å². The van der Waals surface area contributed by atoms with Crippen LogP contribution in [-0.4, -0.2) is 28.4 Å². The number of nitrogens with zero attached hydrogens (tertiary/aromatic N) is 1. The minimum Gasteiger partial charge on any atom is -0.489 e. The molecule has 31 heavy (non-hydrogen) atoms. The minimum atomic E-state index is -1.07. The Kier molecular flexibility index (Phi) is 6.04. The number of aliphatic carboxylic acids is 1. The molecule has 0 aromatic heterocycles. The first-order valence-electron chi connectivity index (χ1n) is 9.72. The van der Waals surface area contributed by atoms with E-state index in [1.807, 2.05) is 12.1 Å². The molecule has 1 heterocycles. The first-order chi connectivity index (χ1) is 14.9. The third-order valence-electron chi connectivity index (χ3n) is 5.23. The molecule has 158 valence electrons. The van der Waals surface area contributed by atoms with Crippen molar-refractivity contribution in [3.63, 3.8) is 0 Å². The van der Waals surface area contributed by atoms with E-state index in [1.165, 1.54) is 17.0 Å². The van der Waals surface area contributed by atoms with Gasteiger partial charge in [0.15, 0.2) is 6.04 Å². The second-order valence-electron chi connectivity index (χ2n) is 7.28. The summed E-state index contributed by atoms with van der Waals surface area (Å²) in [4.78, 5) is 26.7. The van der Waals surface area contributed by atoms with Crippen LogP contribution < -0.4 is 4.74 Å². The molecule has 1 N–H and O–H groups in total. The zero-order valence-corrected chi connectivity index (χ0v) is 18.0. The van der Waals surface area contributed by atoms with Crippen LogP contribution in [0.3, 0.4) is 0 Å². The van der Waals surface area contributed by atoms with Crippen molar-refractivity contribution in [3.8, 4) is 5.75 Å². The van der Waals surface area contributed by atoms with Crippen LogP contribution in [0, 0.1) is 5.82 Å². The van der Waals surface area contributed by atoms with Gasteiger partial charge in [0.1, 0.15) is 18.2 Å². The van der Waals surface area contributed by atoms with E-state index in [0.717, 1.165) is 15.6 Å². The molecule has 1 unspecified atom stereocenters. The number of benzene rings is 3. The van der Waals surface area contributed by atoms with E-state index >= 15 is 0 Å². The summed E-state index contributed by atoms with van der Waals surface area (Å²) in [6.45, 7) is 0.534. The first kappa shape index (κ1) is 21.1. The molecule has 7 heteroatoms. The van der Waals surface area contributed by atoms with E-state index in [2.05, 4.69) is 15.9 Å². The number of hydrogen-bond donors (Lipinski definition) is 1. The SMILES string of the molecule is O=C(O)C1c2cc(Br)ccc2CCN1C(=O)c1cccc(OCc2ccc(F)cc2)c1. The molecule has 1 amide bonds. The van der Waals surface area contributed by atoms with Gasteiger partial charge in [0, 0.05) is 16.6 Å². The highest BCUT2D eigenvalue weighted by molar-refractivity contribution is 9.10. The lowest BCUT2D eigenvalue weighted by Gasteiger charge is -2.35. The van der Waals surface area contributed by atoms with Crippen molar-refractivity contribution in [2.24, 2.45) is 0 Å². The van der Waals surface area contributed by atoms with Gasteiger partial charge >= 0.3 is 5.97 Å². The molecule has 3 aromatic rings. The Morgan fingerprint density at radius 2 is 1.87 bits per heavy atom. The van der Waals surface area contributed by atoms with Crippen LogP contribution in [0.25, 0.3) is 0 Å². The summed E-state index contributed by atoms with van der Waals surface area (Å²) in [5, 5.41) is 9.87. The van der Waals surface area contributed by atoms with Gasteiger partial charge in [0.25, 0.3) is 5.91 Å². The molecular formula is C24H19BrFNO4. The van der Waals surface area contributed by atoms with Crippen LogP contribution in [0.15, 0.2) is 71.2 Å². The maximum atomic E-state index is 13.2. The van der Waals surface area contributed by atoms with Gasteiger partial charge in [-0.2, -0.15) is 0 Å². The van der Waals surface area contributed by atoms with Crippen LogP contribution in [0.4, 0.5) is 4.39 Å². The second-order valence-corrected chi connectivity index (χ2v) is 8.19. The average molecular weight is 484 g/mol. The van der Waals surface area contributed by atoms with Gasteiger partial charge in [0.05, 0.1) is 0 Å². The number of halogens is 2. The van der Waals surface area contributed by atoms with Crippen molar-refractivity contribution in [3.05, 3.63) is 99.3 Å². The number of carboxylic acids is 1. The van der Waals surface area contributed by atoms with Crippen LogP contribution in [-0.2, 0) is 17.8 Å². The number of carbonyl (C=O) groups is 2. The Bertz CT molecular complexity index is 1130. The van der Waals surface area contributed by atoms with E-state index in [1.54, 1.807) is 42.5 Å². The maximum Gasteiger partial charge on any atom is 0.331 e. The normalized spacial score (nSPS) is 15.3. The van der Waals surface area contributed by atoms with E-state index in [4.69, 9.17) is 4.74 Å². The predicted molar refractivity (Wildman–Crippen MR) is 116 cm³/mol. The predicted octanol–water partition coefficient (Wildman–Crippen LogP) is 4.99. The van der Waals surface area contributed by atoms with Crippen molar-refractivity contribution in [1.82, 2.24) is 4.90 Å². The molecule has 0 bridgehead atoms. The Balaban J connectivity index is 1.55. The summed E-state index contributed by atoms with van der Waals surface area (Å²) in [6.07, 6.45) is 0.582. The molecule has 0 fully saturated rings. The number of carbonyl (C=O) groups excluding carboxylic acids is 1. The summed E-state index contributed by atoms with van der Waals surface area (Å²) in [6, 6.07) is 17.1. The zero-order valence-electron chi connectivity index (χ0n) is 16.4. The monoisotopic (exact) mass is 483 g/mol. The van der Waals surface area contributed by atoms with Gasteiger partial charge in [0.2, 0.25) is 0 Å². The first-order valence-corrected chi connectivity index (χ1v) is 10.5. The van der Waals surface area contributed by atoms with Crippen LogP contribution in [0.2, 0.25) is 0 Å². The van der Waals surface area contributed by atoms with Crippen molar-refractivity contribution in [2.45, 2.75) is 19.1 Å². The number of hydrogen-bond acceptors (Lipinski definition) is 3. The fraction of sp³-hybridized carbons (Fsp3) is 0.167. The maximum absolute atomic E-state index is 13.2. The van der Waals surface area contributed by atoms with E-state index in [0.29, 0.717) is 29.8 Å². The fourth-order valence-electron chi connectivity index (χ4n) is 3.70. The van der Waals surface area contributed by atoms with Crippen LogP contribution >= 0.6 is 15.9 Å². The highest BCUT2D eigenvalue weighted by Crippen LogP contribution is 2.33. The van der Waals surface area contributed by atoms with Crippen molar-refractivity contribution in [2.75, 3.05) is 6.54 Å². The van der Waals surface area contributed by atoms with Crippen molar-refractivity contribution >= 4 is 27.8 Å². The molecule has 0 saturated heterocycles. The molecule has 4 rings (SSSR count). The van der Waals surface area contributed by atoms with E-state index < -0.39 is 12.0 Å². The highest BCUT2D eigenvalue weighted by atomic mass is 79.9. The zero-order chi connectivity index (χ0) is 22.0. The number of fused-ring (bicyclic) bond motifs is 1. The summed E-state index contributed by atoms with van der Waals surface area (Å²) in [5.74, 6) is -1.29. The summed E-state index contributed by atoms with van der Waals surface area (Å²) in [7, 11) is 0.